The van der Waals surface area contributed by atoms with Gasteiger partial charge in [-0.25, -0.2) is 0 Å². The highest BCUT2D eigenvalue weighted by Gasteiger charge is 2.04. The number of primary amides is 1. The molecule has 4 nitrogen and oxygen atoms in total. The van der Waals surface area contributed by atoms with Gasteiger partial charge in [-0.3, -0.25) is 4.79 Å². The highest BCUT2D eigenvalue weighted by atomic mass is 32.2. The van der Waals surface area contributed by atoms with Crippen LogP contribution in [0.2, 0.25) is 0 Å². The molecular formula is C12H15N3OS. The number of amides is 1. The topological polar surface area (TPSA) is 81.1 Å². The average Bonchev–Trinajstić information content (AvgIpc) is 2.30. The Bertz CT molecular complexity index is 440. The van der Waals surface area contributed by atoms with Crippen LogP contribution >= 0.6 is 11.8 Å². The van der Waals surface area contributed by atoms with Crippen molar-refractivity contribution < 1.29 is 4.79 Å². The summed E-state index contributed by atoms with van der Waals surface area (Å²) in [5.74, 6) is 3.66. The average molecular weight is 249 g/mol. The molecule has 0 aromatic heterocycles. The first kappa shape index (κ1) is 13.3. The lowest BCUT2D eigenvalue weighted by molar-refractivity contribution is 0.100. The van der Waals surface area contributed by atoms with Gasteiger partial charge in [0.05, 0.1) is 17.1 Å². The molecule has 5 N–H and O–H groups in total. The van der Waals surface area contributed by atoms with E-state index in [1.165, 1.54) is 0 Å². The molecule has 17 heavy (non-hydrogen) atoms. The van der Waals surface area contributed by atoms with E-state index in [-0.39, 0.29) is 0 Å². The molecule has 0 heterocycles. The van der Waals surface area contributed by atoms with E-state index in [1.807, 2.05) is 0 Å². The quantitative estimate of drug-likeness (QED) is 0.401. The molecular weight excluding hydrogens is 234 g/mol. The maximum atomic E-state index is 11.0. The van der Waals surface area contributed by atoms with Gasteiger partial charge in [0.25, 0.3) is 0 Å². The third-order valence-corrected chi connectivity index (χ3v) is 2.95. The van der Waals surface area contributed by atoms with E-state index in [0.717, 1.165) is 18.0 Å². The van der Waals surface area contributed by atoms with Crippen molar-refractivity contribution in [1.29, 1.82) is 0 Å². The normalized spacial score (nSPS) is 9.59. The summed E-state index contributed by atoms with van der Waals surface area (Å²) in [6.07, 6.45) is 5.14. The van der Waals surface area contributed by atoms with Crippen molar-refractivity contribution in [1.82, 2.24) is 0 Å². The number of terminal acetylenes is 1. The molecule has 1 amide bonds. The van der Waals surface area contributed by atoms with Gasteiger partial charge in [0.1, 0.15) is 0 Å². The summed E-state index contributed by atoms with van der Waals surface area (Å²) in [6, 6.07) is 4.93. The van der Waals surface area contributed by atoms with Gasteiger partial charge in [-0.2, -0.15) is 0 Å². The van der Waals surface area contributed by atoms with Crippen LogP contribution in [0.15, 0.2) is 18.2 Å². The number of benzene rings is 1. The van der Waals surface area contributed by atoms with E-state index in [0.29, 0.717) is 17.0 Å². The van der Waals surface area contributed by atoms with E-state index >= 15 is 0 Å². The predicted molar refractivity (Wildman–Crippen MR) is 74.0 cm³/mol. The Hall–Kier alpha value is -1.80. The Balaban J connectivity index is 2.55. The van der Waals surface area contributed by atoms with Gasteiger partial charge in [0, 0.05) is 17.9 Å². The fourth-order valence-corrected chi connectivity index (χ4v) is 1.76. The van der Waals surface area contributed by atoms with Gasteiger partial charge in [0.15, 0.2) is 0 Å². The first-order valence-electron chi connectivity index (χ1n) is 5.09. The molecule has 1 aromatic rings. The summed E-state index contributed by atoms with van der Waals surface area (Å²) < 4.78 is 0. The standard InChI is InChI=1S/C12H15N3OS/c1-2-6-17-7-5-15-11-8-9(12(14)16)3-4-10(11)13/h1,3-4,8,15H,5-7,13H2,(H2,14,16). The molecule has 0 fully saturated rings. The van der Waals surface area contributed by atoms with E-state index in [4.69, 9.17) is 17.9 Å². The summed E-state index contributed by atoms with van der Waals surface area (Å²) in [7, 11) is 0. The van der Waals surface area contributed by atoms with E-state index < -0.39 is 5.91 Å². The molecule has 0 atom stereocenters. The molecule has 90 valence electrons. The van der Waals surface area contributed by atoms with Gasteiger partial charge in [-0.1, -0.05) is 5.92 Å². The van der Waals surface area contributed by atoms with Crippen molar-refractivity contribution in [2.24, 2.45) is 5.73 Å². The summed E-state index contributed by atoms with van der Waals surface area (Å²) in [5.41, 5.74) is 12.7. The Labute approximate surface area is 105 Å². The fraction of sp³-hybridized carbons (Fsp3) is 0.250. The second-order valence-electron chi connectivity index (χ2n) is 3.35. The minimum atomic E-state index is -0.463. The van der Waals surface area contributed by atoms with Crippen LogP contribution in [-0.2, 0) is 0 Å². The number of carbonyl (C=O) groups is 1. The predicted octanol–water partition coefficient (Wildman–Crippen LogP) is 1.15. The number of nitrogens with two attached hydrogens (primary N) is 2. The Kier molecular flexibility index (Phi) is 5.24. The SMILES string of the molecule is C#CCSCCNc1cc(C(N)=O)ccc1N. The largest absolute Gasteiger partial charge is 0.397 e. The zero-order valence-corrected chi connectivity index (χ0v) is 10.2. The highest BCUT2D eigenvalue weighted by molar-refractivity contribution is 7.99. The Morgan fingerprint density at radius 3 is 2.94 bits per heavy atom. The molecule has 0 aliphatic rings. The Morgan fingerprint density at radius 1 is 1.53 bits per heavy atom. The van der Waals surface area contributed by atoms with Crippen molar-refractivity contribution in [2.75, 3.05) is 29.1 Å². The first-order chi connectivity index (χ1) is 8.15. The summed E-state index contributed by atoms with van der Waals surface area (Å²) in [4.78, 5) is 11.0. The number of anilines is 2. The number of carbonyl (C=O) groups excluding carboxylic acids is 1. The van der Waals surface area contributed by atoms with Crippen LogP contribution in [0.3, 0.4) is 0 Å². The molecule has 0 aliphatic carbocycles. The summed E-state index contributed by atoms with van der Waals surface area (Å²) >= 11 is 1.66. The number of hydrogen-bond donors (Lipinski definition) is 3. The smallest absolute Gasteiger partial charge is 0.248 e. The number of hydrogen-bond acceptors (Lipinski definition) is 4. The number of nitrogen functional groups attached to an aromatic ring is 1. The molecule has 0 spiro atoms. The second kappa shape index (κ2) is 6.71. The second-order valence-corrected chi connectivity index (χ2v) is 4.45. The minimum Gasteiger partial charge on any atom is -0.397 e. The number of rotatable bonds is 6. The molecule has 0 radical (unpaired) electrons. The first-order valence-corrected chi connectivity index (χ1v) is 6.25. The Morgan fingerprint density at radius 2 is 2.29 bits per heavy atom. The number of nitrogens with one attached hydrogen (secondary N) is 1. The molecule has 0 saturated heterocycles. The van der Waals surface area contributed by atoms with Crippen molar-refractivity contribution in [2.45, 2.75) is 0 Å². The fourth-order valence-electron chi connectivity index (χ4n) is 1.25. The van der Waals surface area contributed by atoms with Crippen LogP contribution in [0.25, 0.3) is 0 Å². The van der Waals surface area contributed by atoms with Crippen molar-refractivity contribution in [3.8, 4) is 12.3 Å². The van der Waals surface area contributed by atoms with Gasteiger partial charge < -0.3 is 16.8 Å². The molecule has 1 rings (SSSR count). The van der Waals surface area contributed by atoms with Crippen LogP contribution < -0.4 is 16.8 Å². The third-order valence-electron chi connectivity index (χ3n) is 2.09. The van der Waals surface area contributed by atoms with E-state index in [2.05, 4.69) is 11.2 Å². The lowest BCUT2D eigenvalue weighted by Gasteiger charge is -2.09. The van der Waals surface area contributed by atoms with Gasteiger partial charge in [-0.15, -0.1) is 18.2 Å². The molecule has 1 aromatic carbocycles. The van der Waals surface area contributed by atoms with Crippen LogP contribution in [0.4, 0.5) is 11.4 Å². The van der Waals surface area contributed by atoms with Gasteiger partial charge >= 0.3 is 0 Å². The van der Waals surface area contributed by atoms with Crippen LogP contribution in [0.5, 0.6) is 0 Å². The highest BCUT2D eigenvalue weighted by Crippen LogP contribution is 2.19. The van der Waals surface area contributed by atoms with E-state index in [1.54, 1.807) is 30.0 Å². The van der Waals surface area contributed by atoms with Crippen LogP contribution in [0.1, 0.15) is 10.4 Å². The van der Waals surface area contributed by atoms with Gasteiger partial charge in [-0.05, 0) is 18.2 Å². The lowest BCUT2D eigenvalue weighted by atomic mass is 10.1. The maximum absolute atomic E-state index is 11.0. The zero-order valence-electron chi connectivity index (χ0n) is 9.40. The molecule has 0 unspecified atom stereocenters. The summed E-state index contributed by atoms with van der Waals surface area (Å²) in [6.45, 7) is 0.735. The third kappa shape index (κ3) is 4.29. The van der Waals surface area contributed by atoms with Crippen molar-refractivity contribution >= 4 is 29.0 Å². The zero-order chi connectivity index (χ0) is 12.7. The molecule has 5 heteroatoms. The minimum absolute atomic E-state index is 0.443. The summed E-state index contributed by atoms with van der Waals surface area (Å²) in [5, 5.41) is 3.14. The lowest BCUT2D eigenvalue weighted by Crippen LogP contribution is -2.13. The maximum Gasteiger partial charge on any atom is 0.248 e. The molecule has 0 bridgehead atoms. The van der Waals surface area contributed by atoms with Crippen LogP contribution in [-0.4, -0.2) is 24.0 Å². The molecule has 0 saturated carbocycles. The van der Waals surface area contributed by atoms with Crippen molar-refractivity contribution in [3.05, 3.63) is 23.8 Å². The molecule has 0 aliphatic heterocycles. The monoisotopic (exact) mass is 249 g/mol. The van der Waals surface area contributed by atoms with Gasteiger partial charge in [0.2, 0.25) is 5.91 Å². The number of thioether (sulfide) groups is 1. The van der Waals surface area contributed by atoms with Crippen molar-refractivity contribution in [3.63, 3.8) is 0 Å². The van der Waals surface area contributed by atoms with Crippen LogP contribution in [0, 0.1) is 12.3 Å². The van der Waals surface area contributed by atoms with E-state index in [9.17, 15) is 4.79 Å².